The minimum Gasteiger partial charge on any atom is -0.482 e. The lowest BCUT2D eigenvalue weighted by Crippen LogP contribution is -2.35. The van der Waals surface area contributed by atoms with Crippen LogP contribution in [0.1, 0.15) is 13.3 Å². The minimum absolute atomic E-state index is 0.0273. The van der Waals surface area contributed by atoms with E-state index in [1.807, 2.05) is 0 Å². The highest BCUT2D eigenvalue weighted by Crippen LogP contribution is 2.04. The maximum absolute atomic E-state index is 11.4. The number of pyridine rings is 1. The van der Waals surface area contributed by atoms with Crippen molar-refractivity contribution < 1.29 is 9.53 Å². The van der Waals surface area contributed by atoms with Crippen LogP contribution in [0.15, 0.2) is 24.5 Å². The third-order valence-electron chi connectivity index (χ3n) is 2.06. The SMILES string of the molecule is CCCNCCNC(=O)COc1cccnc1. The van der Waals surface area contributed by atoms with Gasteiger partial charge in [0, 0.05) is 19.3 Å². The first-order chi connectivity index (χ1) is 8.33. The molecule has 94 valence electrons. The van der Waals surface area contributed by atoms with Crippen molar-refractivity contribution in [3.63, 3.8) is 0 Å². The van der Waals surface area contributed by atoms with Gasteiger partial charge in [-0.2, -0.15) is 0 Å². The van der Waals surface area contributed by atoms with Crippen molar-refractivity contribution in [2.45, 2.75) is 13.3 Å². The fraction of sp³-hybridized carbons (Fsp3) is 0.500. The van der Waals surface area contributed by atoms with Crippen molar-refractivity contribution in [2.24, 2.45) is 0 Å². The third-order valence-corrected chi connectivity index (χ3v) is 2.06. The first-order valence-corrected chi connectivity index (χ1v) is 5.83. The number of aromatic nitrogens is 1. The Kier molecular flexibility index (Phi) is 6.74. The summed E-state index contributed by atoms with van der Waals surface area (Å²) >= 11 is 0. The van der Waals surface area contributed by atoms with Crippen molar-refractivity contribution in [3.05, 3.63) is 24.5 Å². The Morgan fingerprint density at radius 3 is 3.00 bits per heavy atom. The molecule has 0 radical (unpaired) electrons. The standard InChI is InChI=1S/C12H19N3O2/c1-2-5-13-7-8-15-12(16)10-17-11-4-3-6-14-9-11/h3-4,6,9,13H,2,5,7-8,10H2,1H3,(H,15,16). The van der Waals surface area contributed by atoms with Crippen LogP contribution in [0.3, 0.4) is 0 Å². The van der Waals surface area contributed by atoms with Crippen molar-refractivity contribution in [1.82, 2.24) is 15.6 Å². The average molecular weight is 237 g/mol. The Morgan fingerprint density at radius 1 is 1.41 bits per heavy atom. The second-order valence-corrected chi connectivity index (χ2v) is 3.58. The van der Waals surface area contributed by atoms with E-state index < -0.39 is 0 Å². The van der Waals surface area contributed by atoms with E-state index in [1.54, 1.807) is 24.5 Å². The summed E-state index contributed by atoms with van der Waals surface area (Å²) in [6, 6.07) is 3.53. The Hall–Kier alpha value is -1.62. The third kappa shape index (κ3) is 6.52. The Labute approximate surface area is 102 Å². The Bertz CT molecular complexity index is 317. The minimum atomic E-state index is -0.118. The van der Waals surface area contributed by atoms with Crippen LogP contribution in [-0.4, -0.2) is 37.1 Å². The summed E-state index contributed by atoms with van der Waals surface area (Å²) in [5.74, 6) is 0.485. The predicted octanol–water partition coefficient (Wildman–Crippen LogP) is 0.576. The van der Waals surface area contributed by atoms with Crippen LogP contribution < -0.4 is 15.4 Å². The van der Waals surface area contributed by atoms with E-state index in [-0.39, 0.29) is 12.5 Å². The fourth-order valence-electron chi connectivity index (χ4n) is 1.22. The summed E-state index contributed by atoms with van der Waals surface area (Å²) in [5, 5.41) is 5.96. The maximum Gasteiger partial charge on any atom is 0.257 e. The summed E-state index contributed by atoms with van der Waals surface area (Å²) in [7, 11) is 0. The zero-order chi connectivity index (χ0) is 12.3. The van der Waals surface area contributed by atoms with E-state index in [9.17, 15) is 4.79 Å². The van der Waals surface area contributed by atoms with Gasteiger partial charge in [0.15, 0.2) is 6.61 Å². The van der Waals surface area contributed by atoms with Crippen molar-refractivity contribution in [2.75, 3.05) is 26.2 Å². The molecule has 1 heterocycles. The molecule has 1 rings (SSSR count). The van der Waals surface area contributed by atoms with Crippen LogP contribution in [0, 0.1) is 0 Å². The molecule has 2 N–H and O–H groups in total. The molecule has 0 saturated heterocycles. The van der Waals surface area contributed by atoms with E-state index in [4.69, 9.17) is 4.74 Å². The van der Waals surface area contributed by atoms with Gasteiger partial charge in [-0.25, -0.2) is 0 Å². The fourth-order valence-corrected chi connectivity index (χ4v) is 1.22. The van der Waals surface area contributed by atoms with Crippen molar-refractivity contribution in [3.8, 4) is 5.75 Å². The molecule has 0 saturated carbocycles. The largest absolute Gasteiger partial charge is 0.482 e. The first kappa shape index (κ1) is 13.4. The number of carbonyl (C=O) groups is 1. The van der Waals surface area contributed by atoms with Crippen LogP contribution in [0.4, 0.5) is 0 Å². The molecule has 5 heteroatoms. The van der Waals surface area contributed by atoms with E-state index >= 15 is 0 Å². The second kappa shape index (κ2) is 8.52. The van der Waals surface area contributed by atoms with Crippen LogP contribution >= 0.6 is 0 Å². The van der Waals surface area contributed by atoms with E-state index in [0.717, 1.165) is 19.5 Å². The Morgan fingerprint density at radius 2 is 2.29 bits per heavy atom. The maximum atomic E-state index is 11.4. The predicted molar refractivity (Wildman–Crippen MR) is 65.9 cm³/mol. The number of rotatable bonds is 8. The number of carbonyl (C=O) groups excluding carboxylic acids is 1. The number of nitrogens with one attached hydrogen (secondary N) is 2. The van der Waals surface area contributed by atoms with E-state index in [2.05, 4.69) is 22.5 Å². The summed E-state index contributed by atoms with van der Waals surface area (Å²) in [6.07, 6.45) is 4.33. The number of nitrogens with zero attached hydrogens (tertiary/aromatic N) is 1. The van der Waals surface area contributed by atoms with E-state index in [1.165, 1.54) is 0 Å². The second-order valence-electron chi connectivity index (χ2n) is 3.58. The molecule has 0 unspecified atom stereocenters. The van der Waals surface area contributed by atoms with Crippen LogP contribution in [0.2, 0.25) is 0 Å². The molecule has 5 nitrogen and oxygen atoms in total. The molecule has 1 amide bonds. The molecule has 0 spiro atoms. The van der Waals surface area contributed by atoms with Gasteiger partial charge in [0.25, 0.3) is 5.91 Å². The van der Waals surface area contributed by atoms with Gasteiger partial charge in [-0.3, -0.25) is 9.78 Å². The molecular weight excluding hydrogens is 218 g/mol. The molecule has 1 aromatic rings. The molecule has 1 aromatic heterocycles. The van der Waals surface area contributed by atoms with Gasteiger partial charge >= 0.3 is 0 Å². The molecule has 0 aliphatic heterocycles. The summed E-state index contributed by atoms with van der Waals surface area (Å²) in [4.78, 5) is 15.3. The van der Waals surface area contributed by atoms with Crippen LogP contribution in [0.25, 0.3) is 0 Å². The molecular formula is C12H19N3O2. The molecule has 0 aromatic carbocycles. The van der Waals surface area contributed by atoms with Gasteiger partial charge in [0.2, 0.25) is 0 Å². The molecule has 0 fully saturated rings. The van der Waals surface area contributed by atoms with Crippen molar-refractivity contribution in [1.29, 1.82) is 0 Å². The highest BCUT2D eigenvalue weighted by Gasteiger charge is 2.01. The normalized spacial score (nSPS) is 9.94. The summed E-state index contributed by atoms with van der Waals surface area (Å²) < 4.78 is 5.25. The molecule has 0 aliphatic rings. The number of hydrogen-bond donors (Lipinski definition) is 2. The zero-order valence-electron chi connectivity index (χ0n) is 10.1. The van der Waals surface area contributed by atoms with Crippen LogP contribution in [-0.2, 0) is 4.79 Å². The smallest absolute Gasteiger partial charge is 0.257 e. The topological polar surface area (TPSA) is 63.2 Å². The highest BCUT2D eigenvalue weighted by molar-refractivity contribution is 5.77. The zero-order valence-corrected chi connectivity index (χ0v) is 10.1. The van der Waals surface area contributed by atoms with Crippen molar-refractivity contribution >= 4 is 5.91 Å². The number of ether oxygens (including phenoxy) is 1. The molecule has 17 heavy (non-hydrogen) atoms. The summed E-state index contributed by atoms with van der Waals surface area (Å²) in [5.41, 5.74) is 0. The lowest BCUT2D eigenvalue weighted by atomic mass is 10.4. The van der Waals surface area contributed by atoms with Gasteiger partial charge in [-0.1, -0.05) is 6.92 Å². The van der Waals surface area contributed by atoms with E-state index in [0.29, 0.717) is 12.3 Å². The van der Waals surface area contributed by atoms with Crippen LogP contribution in [0.5, 0.6) is 5.75 Å². The average Bonchev–Trinajstić information content (AvgIpc) is 2.37. The molecule has 0 atom stereocenters. The lowest BCUT2D eigenvalue weighted by molar-refractivity contribution is -0.123. The van der Waals surface area contributed by atoms with Gasteiger partial charge in [0.1, 0.15) is 5.75 Å². The summed E-state index contributed by atoms with van der Waals surface area (Å²) in [6.45, 7) is 4.51. The first-order valence-electron chi connectivity index (χ1n) is 5.83. The quantitative estimate of drug-likeness (QED) is 0.649. The monoisotopic (exact) mass is 237 g/mol. The number of hydrogen-bond acceptors (Lipinski definition) is 4. The molecule has 0 bridgehead atoms. The highest BCUT2D eigenvalue weighted by atomic mass is 16.5. The van der Waals surface area contributed by atoms with Gasteiger partial charge in [-0.15, -0.1) is 0 Å². The number of amides is 1. The lowest BCUT2D eigenvalue weighted by Gasteiger charge is -2.07. The Balaban J connectivity index is 2.05. The van der Waals surface area contributed by atoms with Gasteiger partial charge in [-0.05, 0) is 25.1 Å². The van der Waals surface area contributed by atoms with Gasteiger partial charge < -0.3 is 15.4 Å². The molecule has 0 aliphatic carbocycles. The van der Waals surface area contributed by atoms with Gasteiger partial charge in [0.05, 0.1) is 6.20 Å².